The maximum atomic E-state index is 3.50. The third kappa shape index (κ3) is 2.94. The highest BCUT2D eigenvalue weighted by Gasteiger charge is 2.29. The average molecular weight is 210 g/mol. The van der Waals surface area contributed by atoms with Crippen molar-refractivity contribution in [1.82, 2.24) is 10.2 Å². The summed E-state index contributed by atoms with van der Waals surface area (Å²) < 4.78 is 0. The van der Waals surface area contributed by atoms with Crippen molar-refractivity contribution < 1.29 is 0 Å². The van der Waals surface area contributed by atoms with Gasteiger partial charge < -0.3 is 10.2 Å². The molecule has 0 unspecified atom stereocenters. The topological polar surface area (TPSA) is 15.3 Å². The molecule has 2 fully saturated rings. The molecule has 0 aromatic carbocycles. The van der Waals surface area contributed by atoms with Crippen molar-refractivity contribution >= 4 is 0 Å². The highest BCUT2D eigenvalue weighted by molar-refractivity contribution is 4.84. The lowest BCUT2D eigenvalue weighted by molar-refractivity contribution is 0.113. The van der Waals surface area contributed by atoms with Gasteiger partial charge in [-0.05, 0) is 56.3 Å². The summed E-state index contributed by atoms with van der Waals surface area (Å²) in [7, 11) is 0. The average Bonchev–Trinajstić information content (AvgIpc) is 2.56. The normalized spacial score (nSPS) is 37.0. The van der Waals surface area contributed by atoms with Gasteiger partial charge in [0.15, 0.2) is 0 Å². The first-order valence-electron chi connectivity index (χ1n) is 6.50. The minimum Gasteiger partial charge on any atom is -0.316 e. The van der Waals surface area contributed by atoms with Crippen LogP contribution in [0.5, 0.6) is 0 Å². The van der Waals surface area contributed by atoms with Crippen LogP contribution in [0.4, 0.5) is 0 Å². The number of hydrogen-bond donors (Lipinski definition) is 1. The van der Waals surface area contributed by atoms with Crippen LogP contribution < -0.4 is 5.32 Å². The molecular formula is C13H26N2. The first kappa shape index (κ1) is 11.4. The molecule has 0 amide bonds. The molecule has 2 heteroatoms. The second-order valence-corrected chi connectivity index (χ2v) is 6.36. The Hall–Kier alpha value is -0.0800. The summed E-state index contributed by atoms with van der Waals surface area (Å²) in [6, 6.07) is 0. The van der Waals surface area contributed by atoms with E-state index in [2.05, 4.69) is 31.0 Å². The molecule has 0 spiro atoms. The Morgan fingerprint density at radius 3 is 2.40 bits per heavy atom. The van der Waals surface area contributed by atoms with E-state index < -0.39 is 0 Å². The molecule has 0 saturated carbocycles. The lowest BCUT2D eigenvalue weighted by atomic mass is 9.82. The summed E-state index contributed by atoms with van der Waals surface area (Å²) in [4.78, 5) is 2.68. The van der Waals surface area contributed by atoms with Crippen LogP contribution >= 0.6 is 0 Å². The molecule has 1 N–H and O–H groups in total. The fourth-order valence-electron chi connectivity index (χ4n) is 2.78. The van der Waals surface area contributed by atoms with E-state index in [1.807, 2.05) is 0 Å². The number of likely N-dealkylation sites (tertiary alicyclic amines) is 1. The third-order valence-electron chi connectivity index (χ3n) is 4.38. The Labute approximate surface area is 94.4 Å². The van der Waals surface area contributed by atoms with Crippen LogP contribution in [0.2, 0.25) is 0 Å². The van der Waals surface area contributed by atoms with E-state index in [1.165, 1.54) is 45.6 Å². The number of nitrogens with one attached hydrogen (secondary N) is 1. The number of nitrogens with zero attached hydrogens (tertiary/aromatic N) is 1. The maximum absolute atomic E-state index is 3.50. The second kappa shape index (κ2) is 4.42. The Kier molecular flexibility index (Phi) is 3.36. The van der Waals surface area contributed by atoms with Crippen LogP contribution in [0.1, 0.15) is 33.6 Å². The standard InChI is InChI=1S/C13H26N2/c1-11-8-14-9-12(11)10-15-6-4-13(2,3)5-7-15/h11-12,14H,4-10H2,1-3H3/t11-,12+/m1/s1. The van der Waals surface area contributed by atoms with Gasteiger partial charge in [-0.15, -0.1) is 0 Å². The molecule has 0 aliphatic carbocycles. The first-order chi connectivity index (χ1) is 7.07. The van der Waals surface area contributed by atoms with E-state index in [1.54, 1.807) is 0 Å². The van der Waals surface area contributed by atoms with Crippen molar-refractivity contribution in [1.29, 1.82) is 0 Å². The third-order valence-corrected chi connectivity index (χ3v) is 4.38. The van der Waals surface area contributed by atoms with Crippen molar-refractivity contribution in [3.8, 4) is 0 Å². The van der Waals surface area contributed by atoms with Gasteiger partial charge >= 0.3 is 0 Å². The molecule has 2 aliphatic rings. The molecule has 2 heterocycles. The van der Waals surface area contributed by atoms with Gasteiger partial charge in [-0.3, -0.25) is 0 Å². The predicted octanol–water partition coefficient (Wildman–Crippen LogP) is 1.96. The molecule has 2 nitrogen and oxygen atoms in total. The Balaban J connectivity index is 1.77. The van der Waals surface area contributed by atoms with Crippen molar-refractivity contribution in [2.45, 2.75) is 33.6 Å². The van der Waals surface area contributed by atoms with Crippen LogP contribution in [0.15, 0.2) is 0 Å². The maximum Gasteiger partial charge on any atom is 0.00248 e. The SMILES string of the molecule is C[C@@H]1CNC[C@H]1CN1CCC(C)(C)CC1. The zero-order valence-corrected chi connectivity index (χ0v) is 10.6. The summed E-state index contributed by atoms with van der Waals surface area (Å²) >= 11 is 0. The minimum atomic E-state index is 0.593. The Morgan fingerprint density at radius 1 is 1.20 bits per heavy atom. The monoisotopic (exact) mass is 210 g/mol. The van der Waals surface area contributed by atoms with E-state index in [-0.39, 0.29) is 0 Å². The number of rotatable bonds is 2. The summed E-state index contributed by atoms with van der Waals surface area (Å²) in [5, 5.41) is 3.50. The molecule has 2 saturated heterocycles. The van der Waals surface area contributed by atoms with Gasteiger partial charge in [0.1, 0.15) is 0 Å². The minimum absolute atomic E-state index is 0.593. The summed E-state index contributed by atoms with van der Waals surface area (Å²) in [6.07, 6.45) is 2.75. The lowest BCUT2D eigenvalue weighted by Gasteiger charge is -2.38. The van der Waals surface area contributed by atoms with E-state index in [4.69, 9.17) is 0 Å². The van der Waals surface area contributed by atoms with Crippen LogP contribution in [0.3, 0.4) is 0 Å². The van der Waals surface area contributed by atoms with E-state index >= 15 is 0 Å². The van der Waals surface area contributed by atoms with Gasteiger partial charge in [-0.25, -0.2) is 0 Å². The summed E-state index contributed by atoms with van der Waals surface area (Å²) in [5.74, 6) is 1.77. The molecule has 0 aromatic heterocycles. The molecule has 2 aliphatic heterocycles. The zero-order valence-electron chi connectivity index (χ0n) is 10.6. The second-order valence-electron chi connectivity index (χ2n) is 6.36. The summed E-state index contributed by atoms with van der Waals surface area (Å²) in [5.41, 5.74) is 0.593. The predicted molar refractivity (Wildman–Crippen MR) is 65.0 cm³/mol. The largest absolute Gasteiger partial charge is 0.316 e. The molecule has 2 rings (SSSR count). The number of hydrogen-bond acceptors (Lipinski definition) is 2. The Morgan fingerprint density at radius 2 is 1.87 bits per heavy atom. The van der Waals surface area contributed by atoms with Gasteiger partial charge in [0.2, 0.25) is 0 Å². The summed E-state index contributed by atoms with van der Waals surface area (Å²) in [6.45, 7) is 13.6. The van der Waals surface area contributed by atoms with Gasteiger partial charge in [0, 0.05) is 6.54 Å². The zero-order chi connectivity index (χ0) is 10.9. The van der Waals surface area contributed by atoms with Crippen molar-refractivity contribution in [2.75, 3.05) is 32.7 Å². The molecule has 0 radical (unpaired) electrons. The van der Waals surface area contributed by atoms with Gasteiger partial charge in [0.25, 0.3) is 0 Å². The Bertz CT molecular complexity index is 203. The fraction of sp³-hybridized carbons (Fsp3) is 1.00. The highest BCUT2D eigenvalue weighted by Crippen LogP contribution is 2.30. The van der Waals surface area contributed by atoms with Crippen LogP contribution in [-0.2, 0) is 0 Å². The van der Waals surface area contributed by atoms with Crippen molar-refractivity contribution in [2.24, 2.45) is 17.3 Å². The molecule has 0 aromatic rings. The first-order valence-corrected chi connectivity index (χ1v) is 6.50. The quantitative estimate of drug-likeness (QED) is 0.749. The molecular weight excluding hydrogens is 184 g/mol. The van der Waals surface area contributed by atoms with Gasteiger partial charge in [0.05, 0.1) is 0 Å². The van der Waals surface area contributed by atoms with Crippen LogP contribution in [-0.4, -0.2) is 37.6 Å². The molecule has 0 bridgehead atoms. The van der Waals surface area contributed by atoms with E-state index in [9.17, 15) is 0 Å². The highest BCUT2D eigenvalue weighted by atomic mass is 15.1. The smallest absolute Gasteiger partial charge is 0.00248 e. The number of piperidine rings is 1. The van der Waals surface area contributed by atoms with Crippen LogP contribution in [0, 0.1) is 17.3 Å². The lowest BCUT2D eigenvalue weighted by Crippen LogP contribution is -2.41. The molecule has 2 atom stereocenters. The van der Waals surface area contributed by atoms with E-state index in [0.29, 0.717) is 5.41 Å². The van der Waals surface area contributed by atoms with Crippen molar-refractivity contribution in [3.05, 3.63) is 0 Å². The fourth-order valence-corrected chi connectivity index (χ4v) is 2.78. The van der Waals surface area contributed by atoms with Crippen molar-refractivity contribution in [3.63, 3.8) is 0 Å². The van der Waals surface area contributed by atoms with Crippen LogP contribution in [0.25, 0.3) is 0 Å². The van der Waals surface area contributed by atoms with Gasteiger partial charge in [-0.2, -0.15) is 0 Å². The van der Waals surface area contributed by atoms with Gasteiger partial charge in [-0.1, -0.05) is 20.8 Å². The van der Waals surface area contributed by atoms with E-state index in [0.717, 1.165) is 11.8 Å². The molecule has 15 heavy (non-hydrogen) atoms. The molecule has 88 valence electrons.